The van der Waals surface area contributed by atoms with Crippen LogP contribution in [-0.2, 0) is 0 Å². The fourth-order valence-electron chi connectivity index (χ4n) is 3.55. The van der Waals surface area contributed by atoms with E-state index >= 15 is 0 Å². The molecule has 2 fully saturated rings. The lowest BCUT2D eigenvalue weighted by atomic mass is 9.78. The van der Waals surface area contributed by atoms with Crippen molar-refractivity contribution < 1.29 is 0 Å². The second kappa shape index (κ2) is 8.19. The van der Waals surface area contributed by atoms with E-state index in [1.165, 1.54) is 50.2 Å². The Bertz CT molecular complexity index is 251. The van der Waals surface area contributed by atoms with Gasteiger partial charge in [0, 0.05) is 28.0 Å². The average molecular weight is 302 g/mol. The summed E-state index contributed by atoms with van der Waals surface area (Å²) >= 11 is 4.43. The monoisotopic (exact) mass is 301 g/mol. The summed E-state index contributed by atoms with van der Waals surface area (Å²) in [6.07, 6.45) is 7.08. The van der Waals surface area contributed by atoms with Gasteiger partial charge in [0.25, 0.3) is 0 Å². The molecule has 1 heterocycles. The minimum absolute atomic E-state index is 0.764. The highest BCUT2D eigenvalue weighted by atomic mass is 32.2. The Morgan fingerprint density at radius 1 is 1.05 bits per heavy atom. The van der Waals surface area contributed by atoms with Crippen LogP contribution in [0.1, 0.15) is 52.9 Å². The van der Waals surface area contributed by atoms with Gasteiger partial charge in [0.1, 0.15) is 0 Å². The van der Waals surface area contributed by atoms with E-state index in [4.69, 9.17) is 0 Å². The lowest BCUT2D eigenvalue weighted by Gasteiger charge is -2.41. The average Bonchev–Trinajstić information content (AvgIpc) is 2.43. The molecule has 0 radical (unpaired) electrons. The van der Waals surface area contributed by atoms with Gasteiger partial charge in [-0.2, -0.15) is 23.5 Å². The molecule has 1 N–H and O–H groups in total. The molecular formula is C16H31NS2. The summed E-state index contributed by atoms with van der Waals surface area (Å²) in [6.45, 7) is 8.37. The first kappa shape index (κ1) is 16.0. The third-order valence-electron chi connectivity index (χ3n) is 4.79. The van der Waals surface area contributed by atoms with Gasteiger partial charge in [-0.1, -0.05) is 33.6 Å². The molecule has 0 bridgehead atoms. The van der Waals surface area contributed by atoms with Crippen LogP contribution in [0.5, 0.6) is 0 Å². The van der Waals surface area contributed by atoms with Crippen LogP contribution in [0.4, 0.5) is 0 Å². The molecule has 1 aliphatic heterocycles. The van der Waals surface area contributed by atoms with E-state index in [-0.39, 0.29) is 0 Å². The molecule has 0 aromatic carbocycles. The third kappa shape index (κ3) is 4.57. The number of nitrogens with one attached hydrogen (secondary N) is 1. The van der Waals surface area contributed by atoms with Crippen LogP contribution in [0.25, 0.3) is 0 Å². The van der Waals surface area contributed by atoms with E-state index in [2.05, 4.69) is 49.6 Å². The van der Waals surface area contributed by atoms with E-state index in [0.29, 0.717) is 0 Å². The van der Waals surface area contributed by atoms with Gasteiger partial charge >= 0.3 is 0 Å². The Kier molecular flexibility index (Phi) is 6.91. The Balaban J connectivity index is 1.97. The normalized spacial score (nSPS) is 38.1. The van der Waals surface area contributed by atoms with Crippen molar-refractivity contribution in [3.05, 3.63) is 0 Å². The predicted octanol–water partition coefficient (Wildman–Crippen LogP) is 4.42. The Morgan fingerprint density at radius 2 is 1.74 bits per heavy atom. The molecule has 1 nitrogen and oxygen atoms in total. The summed E-state index contributed by atoms with van der Waals surface area (Å²) < 4.78 is 0. The van der Waals surface area contributed by atoms with Crippen LogP contribution in [-0.4, -0.2) is 34.6 Å². The molecule has 3 heteroatoms. The summed E-state index contributed by atoms with van der Waals surface area (Å²) in [5.74, 6) is 4.60. The largest absolute Gasteiger partial charge is 0.313 e. The van der Waals surface area contributed by atoms with Gasteiger partial charge in [0.05, 0.1) is 0 Å². The highest BCUT2D eigenvalue weighted by Crippen LogP contribution is 2.39. The van der Waals surface area contributed by atoms with Crippen LogP contribution < -0.4 is 5.32 Å². The summed E-state index contributed by atoms with van der Waals surface area (Å²) in [6, 6.07) is 0.764. The second-order valence-corrected chi connectivity index (χ2v) is 9.18. The van der Waals surface area contributed by atoms with Crippen molar-refractivity contribution in [3.8, 4) is 0 Å². The smallest absolute Gasteiger partial charge is 0.0320 e. The quantitative estimate of drug-likeness (QED) is 0.807. The molecule has 19 heavy (non-hydrogen) atoms. The van der Waals surface area contributed by atoms with E-state index in [1.54, 1.807) is 0 Å². The maximum atomic E-state index is 3.92. The van der Waals surface area contributed by atoms with Gasteiger partial charge in [0.2, 0.25) is 0 Å². The third-order valence-corrected chi connectivity index (χ3v) is 8.01. The first-order valence-electron chi connectivity index (χ1n) is 8.19. The van der Waals surface area contributed by atoms with Crippen molar-refractivity contribution in [1.82, 2.24) is 5.32 Å². The molecular weight excluding hydrogens is 270 g/mol. The molecule has 3 unspecified atom stereocenters. The van der Waals surface area contributed by atoms with Crippen molar-refractivity contribution in [3.63, 3.8) is 0 Å². The second-order valence-electron chi connectivity index (χ2n) is 6.41. The zero-order chi connectivity index (χ0) is 13.7. The predicted molar refractivity (Wildman–Crippen MR) is 91.4 cm³/mol. The lowest BCUT2D eigenvalue weighted by molar-refractivity contribution is 0.226. The number of hydrogen-bond acceptors (Lipinski definition) is 3. The Morgan fingerprint density at radius 3 is 2.37 bits per heavy atom. The molecule has 0 amide bonds. The van der Waals surface area contributed by atoms with Gasteiger partial charge in [-0.25, -0.2) is 0 Å². The van der Waals surface area contributed by atoms with Gasteiger partial charge < -0.3 is 5.32 Å². The summed E-state index contributed by atoms with van der Waals surface area (Å²) in [4.78, 5) is 0. The van der Waals surface area contributed by atoms with Crippen molar-refractivity contribution in [2.45, 2.75) is 69.4 Å². The van der Waals surface area contributed by atoms with E-state index in [1.807, 2.05) is 0 Å². The lowest BCUT2D eigenvalue weighted by Crippen LogP contribution is -2.50. The van der Waals surface area contributed by atoms with E-state index in [0.717, 1.165) is 28.4 Å². The topological polar surface area (TPSA) is 12.0 Å². The Hall–Kier alpha value is 0.660. The molecule has 0 aromatic rings. The minimum Gasteiger partial charge on any atom is -0.313 e. The van der Waals surface area contributed by atoms with Gasteiger partial charge in [-0.15, -0.1) is 0 Å². The molecule has 0 aromatic heterocycles. The molecule has 1 aliphatic carbocycles. The fourth-order valence-corrected chi connectivity index (χ4v) is 6.59. The van der Waals surface area contributed by atoms with Crippen LogP contribution in [0.2, 0.25) is 0 Å². The zero-order valence-electron chi connectivity index (χ0n) is 12.9. The summed E-state index contributed by atoms with van der Waals surface area (Å²) in [5, 5.41) is 5.58. The summed E-state index contributed by atoms with van der Waals surface area (Å²) in [7, 11) is 0. The minimum atomic E-state index is 0.764. The van der Waals surface area contributed by atoms with Crippen molar-refractivity contribution in [2.24, 2.45) is 11.8 Å². The standard InChI is InChI=1S/C16H31NS2/c1-4-9-17-15(14-7-5-12(2)6-8-14)16-13(3)18-10-11-19-16/h12-17H,4-11H2,1-3H3. The van der Waals surface area contributed by atoms with Crippen LogP contribution in [0.3, 0.4) is 0 Å². The van der Waals surface area contributed by atoms with Crippen molar-refractivity contribution >= 4 is 23.5 Å². The fraction of sp³-hybridized carbons (Fsp3) is 1.00. The van der Waals surface area contributed by atoms with Crippen LogP contribution in [0, 0.1) is 11.8 Å². The van der Waals surface area contributed by atoms with Gasteiger partial charge in [-0.3, -0.25) is 0 Å². The molecule has 112 valence electrons. The maximum absolute atomic E-state index is 3.92. The van der Waals surface area contributed by atoms with Crippen LogP contribution in [0.15, 0.2) is 0 Å². The first-order chi connectivity index (χ1) is 9.22. The number of thioether (sulfide) groups is 2. The number of rotatable bonds is 5. The molecule has 1 saturated carbocycles. The van der Waals surface area contributed by atoms with Gasteiger partial charge in [0.15, 0.2) is 0 Å². The van der Waals surface area contributed by atoms with E-state index < -0.39 is 0 Å². The van der Waals surface area contributed by atoms with Gasteiger partial charge in [-0.05, 0) is 37.6 Å². The number of hydrogen-bond donors (Lipinski definition) is 1. The molecule has 0 spiro atoms. The highest BCUT2D eigenvalue weighted by Gasteiger charge is 2.36. The maximum Gasteiger partial charge on any atom is 0.0320 e. The van der Waals surface area contributed by atoms with Crippen LogP contribution >= 0.6 is 23.5 Å². The summed E-state index contributed by atoms with van der Waals surface area (Å²) in [5.41, 5.74) is 0. The van der Waals surface area contributed by atoms with Crippen molar-refractivity contribution in [1.29, 1.82) is 0 Å². The molecule has 3 atom stereocenters. The molecule has 1 saturated heterocycles. The van der Waals surface area contributed by atoms with Crippen molar-refractivity contribution in [2.75, 3.05) is 18.1 Å². The highest BCUT2D eigenvalue weighted by molar-refractivity contribution is 8.07. The first-order valence-corrected chi connectivity index (χ1v) is 10.3. The molecule has 2 rings (SSSR count). The Labute approximate surface area is 128 Å². The molecule has 2 aliphatic rings. The SMILES string of the molecule is CCCNC(C1CCC(C)CC1)C1SCCSC1C. The zero-order valence-corrected chi connectivity index (χ0v) is 14.5. The van der Waals surface area contributed by atoms with E-state index in [9.17, 15) is 0 Å².